The fourth-order valence-corrected chi connectivity index (χ4v) is 1.18. The maximum Gasteiger partial charge on any atom is 0.114 e. The van der Waals surface area contributed by atoms with E-state index in [1.807, 2.05) is 20.8 Å². The predicted octanol–water partition coefficient (Wildman–Crippen LogP) is 1.95. The maximum absolute atomic E-state index is 9.71. The van der Waals surface area contributed by atoms with Gasteiger partial charge in [-0.1, -0.05) is 26.7 Å². The molecule has 0 bridgehead atoms. The normalized spacial score (nSPS) is 15.6. The first-order valence-electron chi connectivity index (χ1n) is 5.16. The minimum Gasteiger partial charge on any atom is -0.393 e. The molecule has 2 atom stereocenters. The third-order valence-electron chi connectivity index (χ3n) is 2.27. The van der Waals surface area contributed by atoms with Crippen LogP contribution in [0.15, 0.2) is 0 Å². The second kappa shape index (κ2) is 6.06. The summed E-state index contributed by atoms with van der Waals surface area (Å²) < 4.78 is 0. The molecule has 0 saturated carbocycles. The summed E-state index contributed by atoms with van der Waals surface area (Å²) in [4.78, 5) is 0. The van der Waals surface area contributed by atoms with Crippen LogP contribution < -0.4 is 0 Å². The monoisotopic (exact) mass is 198 g/mol. The molecule has 0 aromatic rings. The van der Waals surface area contributed by atoms with E-state index in [-0.39, 0.29) is 11.5 Å². The summed E-state index contributed by atoms with van der Waals surface area (Å²) in [5, 5.41) is 19.0. The van der Waals surface area contributed by atoms with Crippen molar-refractivity contribution < 1.29 is 10.2 Å². The van der Waals surface area contributed by atoms with Crippen LogP contribution in [0.3, 0.4) is 0 Å². The molecule has 14 heavy (non-hydrogen) atoms. The van der Waals surface area contributed by atoms with Crippen LogP contribution in [-0.2, 0) is 0 Å². The Hall–Kier alpha value is -0.520. The zero-order valence-corrected chi connectivity index (χ0v) is 9.67. The Morgan fingerprint density at radius 1 is 1.14 bits per heavy atom. The van der Waals surface area contributed by atoms with Gasteiger partial charge in [-0.3, -0.25) is 0 Å². The van der Waals surface area contributed by atoms with Crippen LogP contribution >= 0.6 is 0 Å². The van der Waals surface area contributed by atoms with Gasteiger partial charge in [0, 0.05) is 0 Å². The quantitative estimate of drug-likeness (QED) is 0.678. The van der Waals surface area contributed by atoms with Crippen molar-refractivity contribution in [2.45, 2.75) is 59.2 Å². The highest BCUT2D eigenvalue weighted by Crippen LogP contribution is 2.23. The van der Waals surface area contributed by atoms with E-state index >= 15 is 0 Å². The molecule has 2 heteroatoms. The lowest BCUT2D eigenvalue weighted by Crippen LogP contribution is -2.26. The molecule has 0 fully saturated rings. The first-order chi connectivity index (χ1) is 6.38. The zero-order chi connectivity index (χ0) is 11.2. The largest absolute Gasteiger partial charge is 0.393 e. The van der Waals surface area contributed by atoms with Crippen LogP contribution in [0, 0.1) is 17.3 Å². The molecule has 0 heterocycles. The number of hydrogen-bond acceptors (Lipinski definition) is 2. The standard InChI is InChI=1S/C12H22O2/c1-5-7-10(13)8-6-9-11(14)12(2,3)4/h10-11,13-14H,6,8-9H2,1-4H3. The third kappa shape index (κ3) is 6.01. The van der Waals surface area contributed by atoms with E-state index in [0.29, 0.717) is 6.42 Å². The summed E-state index contributed by atoms with van der Waals surface area (Å²) in [6.45, 7) is 7.76. The summed E-state index contributed by atoms with van der Waals surface area (Å²) >= 11 is 0. The Bertz CT molecular complexity index is 205. The van der Waals surface area contributed by atoms with Crippen LogP contribution in [-0.4, -0.2) is 22.4 Å². The number of aliphatic hydroxyl groups is 2. The molecule has 0 spiro atoms. The smallest absolute Gasteiger partial charge is 0.114 e. The molecule has 0 radical (unpaired) electrons. The molecule has 2 unspecified atom stereocenters. The fraction of sp³-hybridized carbons (Fsp3) is 0.833. The highest BCUT2D eigenvalue weighted by molar-refractivity contribution is 5.01. The van der Waals surface area contributed by atoms with Crippen molar-refractivity contribution in [1.29, 1.82) is 0 Å². The maximum atomic E-state index is 9.71. The predicted molar refractivity (Wildman–Crippen MR) is 58.8 cm³/mol. The molecule has 0 aliphatic carbocycles. The second-order valence-electron chi connectivity index (χ2n) is 4.72. The Balaban J connectivity index is 3.68. The Morgan fingerprint density at radius 2 is 1.71 bits per heavy atom. The van der Waals surface area contributed by atoms with Gasteiger partial charge in [-0.15, -0.1) is 5.92 Å². The van der Waals surface area contributed by atoms with Crippen molar-refractivity contribution >= 4 is 0 Å². The van der Waals surface area contributed by atoms with Gasteiger partial charge in [0.2, 0.25) is 0 Å². The lowest BCUT2D eigenvalue weighted by Gasteiger charge is -2.25. The first-order valence-corrected chi connectivity index (χ1v) is 5.16. The molecule has 0 aliphatic rings. The van der Waals surface area contributed by atoms with Gasteiger partial charge >= 0.3 is 0 Å². The molecule has 0 aromatic carbocycles. The molecule has 82 valence electrons. The van der Waals surface area contributed by atoms with E-state index < -0.39 is 6.10 Å². The van der Waals surface area contributed by atoms with Crippen molar-refractivity contribution in [3.8, 4) is 11.8 Å². The van der Waals surface area contributed by atoms with E-state index in [0.717, 1.165) is 12.8 Å². The van der Waals surface area contributed by atoms with Gasteiger partial charge in [0.1, 0.15) is 6.10 Å². The number of rotatable bonds is 4. The highest BCUT2D eigenvalue weighted by atomic mass is 16.3. The average molecular weight is 198 g/mol. The summed E-state index contributed by atoms with van der Waals surface area (Å²) in [5.41, 5.74) is -0.0681. The topological polar surface area (TPSA) is 40.5 Å². The van der Waals surface area contributed by atoms with Crippen LogP contribution in [0.4, 0.5) is 0 Å². The molecule has 0 amide bonds. The lowest BCUT2D eigenvalue weighted by molar-refractivity contribution is 0.0511. The molecule has 0 saturated heterocycles. The van der Waals surface area contributed by atoms with Crippen LogP contribution in [0.25, 0.3) is 0 Å². The minimum atomic E-state index is -0.535. The Kier molecular flexibility index (Phi) is 5.83. The van der Waals surface area contributed by atoms with Crippen LogP contribution in [0.2, 0.25) is 0 Å². The molecule has 0 rings (SSSR count). The van der Waals surface area contributed by atoms with E-state index in [1.54, 1.807) is 6.92 Å². The van der Waals surface area contributed by atoms with Gasteiger partial charge < -0.3 is 10.2 Å². The molecule has 2 nitrogen and oxygen atoms in total. The van der Waals surface area contributed by atoms with Crippen molar-refractivity contribution in [2.75, 3.05) is 0 Å². The third-order valence-corrected chi connectivity index (χ3v) is 2.27. The van der Waals surface area contributed by atoms with E-state index in [2.05, 4.69) is 11.8 Å². The SMILES string of the molecule is CC#CC(O)CCCC(O)C(C)(C)C. The van der Waals surface area contributed by atoms with E-state index in [4.69, 9.17) is 0 Å². The van der Waals surface area contributed by atoms with E-state index in [1.165, 1.54) is 0 Å². The van der Waals surface area contributed by atoms with Crippen molar-refractivity contribution in [2.24, 2.45) is 5.41 Å². The minimum absolute atomic E-state index is 0.0681. The summed E-state index contributed by atoms with van der Waals surface area (Å²) in [7, 11) is 0. The molecule has 0 aliphatic heterocycles. The fourth-order valence-electron chi connectivity index (χ4n) is 1.18. The van der Waals surface area contributed by atoms with Gasteiger partial charge in [-0.2, -0.15) is 0 Å². The zero-order valence-electron chi connectivity index (χ0n) is 9.67. The van der Waals surface area contributed by atoms with E-state index in [9.17, 15) is 10.2 Å². The second-order valence-corrected chi connectivity index (χ2v) is 4.72. The molecule has 2 N–H and O–H groups in total. The number of hydrogen-bond donors (Lipinski definition) is 2. The summed E-state index contributed by atoms with van der Waals surface area (Å²) in [6.07, 6.45) is 1.35. The van der Waals surface area contributed by atoms with Crippen LogP contribution in [0.1, 0.15) is 47.0 Å². The van der Waals surface area contributed by atoms with Crippen molar-refractivity contribution in [1.82, 2.24) is 0 Å². The van der Waals surface area contributed by atoms with Gasteiger partial charge in [-0.05, 0) is 31.6 Å². The number of aliphatic hydroxyl groups excluding tert-OH is 2. The lowest BCUT2D eigenvalue weighted by atomic mass is 9.86. The Morgan fingerprint density at radius 3 is 2.14 bits per heavy atom. The van der Waals surface area contributed by atoms with Gasteiger partial charge in [0.25, 0.3) is 0 Å². The van der Waals surface area contributed by atoms with Crippen molar-refractivity contribution in [3.05, 3.63) is 0 Å². The Labute approximate surface area is 87.3 Å². The van der Waals surface area contributed by atoms with Crippen molar-refractivity contribution in [3.63, 3.8) is 0 Å². The van der Waals surface area contributed by atoms with Gasteiger partial charge in [0.15, 0.2) is 0 Å². The first kappa shape index (κ1) is 13.5. The van der Waals surface area contributed by atoms with Gasteiger partial charge in [-0.25, -0.2) is 0 Å². The summed E-state index contributed by atoms with van der Waals surface area (Å²) in [5.74, 6) is 5.36. The molecular weight excluding hydrogens is 176 g/mol. The average Bonchev–Trinajstić information content (AvgIpc) is 2.02. The molecular formula is C12H22O2. The van der Waals surface area contributed by atoms with Gasteiger partial charge in [0.05, 0.1) is 6.10 Å². The summed E-state index contributed by atoms with van der Waals surface area (Å²) in [6, 6.07) is 0. The van der Waals surface area contributed by atoms with Crippen LogP contribution in [0.5, 0.6) is 0 Å². The highest BCUT2D eigenvalue weighted by Gasteiger charge is 2.21. The molecule has 0 aromatic heterocycles.